The normalized spacial score (nSPS) is 52.4. The zero-order valence-corrected chi connectivity index (χ0v) is 16.5. The van der Waals surface area contributed by atoms with E-state index in [0.29, 0.717) is 11.3 Å². The van der Waals surface area contributed by atoms with Gasteiger partial charge in [0.15, 0.2) is 0 Å². The second-order valence-electron chi connectivity index (χ2n) is 10.5. The van der Waals surface area contributed by atoms with Crippen molar-refractivity contribution < 1.29 is 4.92 Å². The van der Waals surface area contributed by atoms with Gasteiger partial charge in [0.2, 0.25) is 6.04 Å². The van der Waals surface area contributed by atoms with E-state index in [1.165, 1.54) is 38.5 Å². The summed E-state index contributed by atoms with van der Waals surface area (Å²) in [6.45, 7) is 4.84. The van der Waals surface area contributed by atoms with Crippen LogP contribution in [-0.2, 0) is 0 Å². The number of nitrogens with zero attached hydrogens (tertiary/aromatic N) is 2. The Hall–Kier alpha value is -0.640. The van der Waals surface area contributed by atoms with E-state index < -0.39 is 0 Å². The molecule has 1 unspecified atom stereocenters. The Balaban J connectivity index is 1.57. The van der Waals surface area contributed by atoms with Crippen molar-refractivity contribution in [1.29, 1.82) is 0 Å². The fraction of sp³-hybridized carbons (Fsp3) is 1.00. The molecule has 8 atom stereocenters. The molecule has 142 valence electrons. The maximum absolute atomic E-state index is 11.6. The quantitative estimate of drug-likeness (QED) is 0.541. The Bertz CT molecular complexity index is 550. The highest BCUT2D eigenvalue weighted by Crippen LogP contribution is 2.66. The zero-order chi connectivity index (χ0) is 18.0. The molecule has 0 N–H and O–H groups in total. The highest BCUT2D eigenvalue weighted by molar-refractivity contribution is 5.09. The number of rotatable bonds is 2. The molecule has 0 aliphatic heterocycles. The van der Waals surface area contributed by atoms with E-state index in [2.05, 4.69) is 32.8 Å². The maximum atomic E-state index is 11.6. The van der Waals surface area contributed by atoms with Gasteiger partial charge in [-0.2, -0.15) is 0 Å². The van der Waals surface area contributed by atoms with Crippen molar-refractivity contribution in [1.82, 2.24) is 4.90 Å². The fourth-order valence-electron chi connectivity index (χ4n) is 8.02. The molecule has 0 amide bonds. The number of hydrogen-bond donors (Lipinski definition) is 0. The standard InChI is InChI=1S/C21H36N2O2/c1-20-11-9-15(22(3)4)13-14(20)5-6-16-17-7-8-19(23(24)25)21(17,2)12-10-18(16)20/h14-19H,5-13H2,1-4H3/t14-,15?,16-,17-,18-,19-,20-,21-/m0/s1. The minimum absolute atomic E-state index is 0.0330. The molecule has 4 heteroatoms. The van der Waals surface area contributed by atoms with Gasteiger partial charge in [-0.25, -0.2) is 0 Å². The van der Waals surface area contributed by atoms with Crippen LogP contribution in [0.4, 0.5) is 0 Å². The summed E-state index contributed by atoms with van der Waals surface area (Å²) in [4.78, 5) is 14.1. The Labute approximate surface area is 152 Å². The Morgan fingerprint density at radius 3 is 2.28 bits per heavy atom. The van der Waals surface area contributed by atoms with Crippen LogP contribution in [0.25, 0.3) is 0 Å². The van der Waals surface area contributed by atoms with Gasteiger partial charge in [-0.05, 0) is 94.5 Å². The predicted molar refractivity (Wildman–Crippen MR) is 100.0 cm³/mol. The zero-order valence-electron chi connectivity index (χ0n) is 16.5. The van der Waals surface area contributed by atoms with Gasteiger partial charge in [-0.3, -0.25) is 10.1 Å². The largest absolute Gasteiger partial charge is 0.306 e. The van der Waals surface area contributed by atoms with Crippen LogP contribution in [0, 0.1) is 44.6 Å². The highest BCUT2D eigenvalue weighted by Gasteiger charge is 2.63. The summed E-state index contributed by atoms with van der Waals surface area (Å²) < 4.78 is 0. The minimum atomic E-state index is -0.284. The molecule has 4 fully saturated rings. The third kappa shape index (κ3) is 2.49. The molecule has 4 nitrogen and oxygen atoms in total. The van der Waals surface area contributed by atoms with Crippen LogP contribution in [0.3, 0.4) is 0 Å². The maximum Gasteiger partial charge on any atom is 0.218 e. The highest BCUT2D eigenvalue weighted by atomic mass is 16.6. The third-order valence-corrected chi connectivity index (χ3v) is 9.57. The van der Waals surface area contributed by atoms with Gasteiger partial charge in [0.1, 0.15) is 0 Å². The summed E-state index contributed by atoms with van der Waals surface area (Å²) in [7, 11) is 4.47. The van der Waals surface area contributed by atoms with Crippen molar-refractivity contribution in [2.75, 3.05) is 14.1 Å². The first-order valence-electron chi connectivity index (χ1n) is 10.6. The first-order valence-corrected chi connectivity index (χ1v) is 10.6. The van der Waals surface area contributed by atoms with E-state index in [1.807, 2.05) is 0 Å². The van der Waals surface area contributed by atoms with Gasteiger partial charge < -0.3 is 4.90 Å². The van der Waals surface area contributed by atoms with Crippen LogP contribution in [0.2, 0.25) is 0 Å². The first kappa shape index (κ1) is 17.8. The molecule has 0 aromatic heterocycles. The number of fused-ring (bicyclic) bond motifs is 5. The van der Waals surface area contributed by atoms with Gasteiger partial charge in [0.05, 0.1) is 0 Å². The third-order valence-electron chi connectivity index (χ3n) is 9.57. The number of nitro groups is 1. The SMILES string of the molecule is CN(C)C1CC[C@@]2(C)[C@@H](CC[C@@H]3[C@@H]2CC[C@]2(C)[C@@H]([N+](=O)[O-])CC[C@@H]32)C1. The summed E-state index contributed by atoms with van der Waals surface area (Å²) in [5, 5.41) is 11.6. The summed E-state index contributed by atoms with van der Waals surface area (Å²) >= 11 is 0. The predicted octanol–water partition coefficient (Wildman–Crippen LogP) is 4.60. The smallest absolute Gasteiger partial charge is 0.218 e. The Morgan fingerprint density at radius 2 is 1.60 bits per heavy atom. The molecule has 0 radical (unpaired) electrons. The topological polar surface area (TPSA) is 46.4 Å². The van der Waals surface area contributed by atoms with Crippen molar-refractivity contribution in [3.05, 3.63) is 10.1 Å². The Kier molecular flexibility index (Phi) is 4.22. The second kappa shape index (κ2) is 5.94. The Morgan fingerprint density at radius 1 is 0.920 bits per heavy atom. The molecule has 4 aliphatic rings. The molecular weight excluding hydrogens is 312 g/mol. The average molecular weight is 349 g/mol. The van der Waals surface area contributed by atoms with Gasteiger partial charge in [0, 0.05) is 22.8 Å². The van der Waals surface area contributed by atoms with Crippen LogP contribution in [-0.4, -0.2) is 36.0 Å². The summed E-state index contributed by atoms with van der Waals surface area (Å²) in [5.41, 5.74) is 0.457. The monoisotopic (exact) mass is 348 g/mol. The molecule has 4 aliphatic carbocycles. The van der Waals surface area contributed by atoms with E-state index in [1.54, 1.807) is 0 Å². The lowest BCUT2D eigenvalue weighted by Gasteiger charge is -2.60. The lowest BCUT2D eigenvalue weighted by atomic mass is 9.45. The molecule has 0 aromatic carbocycles. The van der Waals surface area contributed by atoms with E-state index in [0.717, 1.165) is 43.1 Å². The summed E-state index contributed by atoms with van der Waals surface area (Å²) in [6.07, 6.45) is 11.0. The molecule has 0 bridgehead atoms. The molecular formula is C21H36N2O2. The number of hydrogen-bond acceptors (Lipinski definition) is 3. The summed E-state index contributed by atoms with van der Waals surface area (Å²) in [6, 6.07) is 0.474. The van der Waals surface area contributed by atoms with Crippen molar-refractivity contribution in [2.24, 2.45) is 34.5 Å². The van der Waals surface area contributed by atoms with Crippen molar-refractivity contribution in [3.8, 4) is 0 Å². The molecule has 0 heterocycles. The van der Waals surface area contributed by atoms with Crippen LogP contribution in [0.5, 0.6) is 0 Å². The van der Waals surface area contributed by atoms with Gasteiger partial charge >= 0.3 is 0 Å². The van der Waals surface area contributed by atoms with Crippen LogP contribution in [0.15, 0.2) is 0 Å². The molecule has 4 rings (SSSR count). The van der Waals surface area contributed by atoms with Crippen molar-refractivity contribution in [2.45, 2.75) is 83.7 Å². The fourth-order valence-corrected chi connectivity index (χ4v) is 8.02. The van der Waals surface area contributed by atoms with Crippen LogP contribution >= 0.6 is 0 Å². The molecule has 0 saturated heterocycles. The van der Waals surface area contributed by atoms with Crippen molar-refractivity contribution in [3.63, 3.8) is 0 Å². The minimum Gasteiger partial charge on any atom is -0.306 e. The average Bonchev–Trinajstić information content (AvgIpc) is 2.91. The van der Waals surface area contributed by atoms with E-state index in [4.69, 9.17) is 0 Å². The molecule has 0 aromatic rings. The van der Waals surface area contributed by atoms with Gasteiger partial charge in [-0.15, -0.1) is 0 Å². The lowest BCUT2D eigenvalue weighted by Crippen LogP contribution is -2.55. The molecule has 0 spiro atoms. The molecule has 25 heavy (non-hydrogen) atoms. The van der Waals surface area contributed by atoms with Crippen LogP contribution < -0.4 is 0 Å². The van der Waals surface area contributed by atoms with Gasteiger partial charge in [-0.1, -0.05) is 13.8 Å². The van der Waals surface area contributed by atoms with Crippen molar-refractivity contribution >= 4 is 0 Å². The van der Waals surface area contributed by atoms with E-state index >= 15 is 0 Å². The van der Waals surface area contributed by atoms with Crippen LogP contribution in [0.1, 0.15) is 71.6 Å². The first-order chi connectivity index (χ1) is 11.8. The van der Waals surface area contributed by atoms with E-state index in [9.17, 15) is 10.1 Å². The van der Waals surface area contributed by atoms with E-state index in [-0.39, 0.29) is 16.4 Å². The summed E-state index contributed by atoms with van der Waals surface area (Å²) in [5.74, 6) is 3.04. The molecule has 4 saturated carbocycles. The second-order valence-corrected chi connectivity index (χ2v) is 10.5. The lowest BCUT2D eigenvalue weighted by molar-refractivity contribution is -0.540. The van der Waals surface area contributed by atoms with Gasteiger partial charge in [0.25, 0.3) is 0 Å².